The molecule has 1 spiro atoms. The topological polar surface area (TPSA) is 21.6 Å². The molecule has 1 saturated carbocycles. The Morgan fingerprint density at radius 2 is 1.93 bits per heavy atom. The summed E-state index contributed by atoms with van der Waals surface area (Å²) in [6.07, 6.45) is 3.92. The van der Waals surface area contributed by atoms with E-state index >= 15 is 0 Å². The van der Waals surface area contributed by atoms with Crippen molar-refractivity contribution in [1.82, 2.24) is 0 Å². The van der Waals surface area contributed by atoms with Gasteiger partial charge in [-0.05, 0) is 25.3 Å². The molecular weight excluding hydrogens is 174 g/mol. The summed E-state index contributed by atoms with van der Waals surface area (Å²) in [6.45, 7) is 2.14. The lowest BCUT2D eigenvalue weighted by molar-refractivity contribution is 0.0700. The van der Waals surface area contributed by atoms with Gasteiger partial charge in [-0.2, -0.15) is 0 Å². The highest BCUT2D eigenvalue weighted by molar-refractivity contribution is 5.56. The van der Waals surface area contributed by atoms with Gasteiger partial charge in [-0.15, -0.1) is 0 Å². The number of benzene rings is 1. The first-order valence-electron chi connectivity index (χ1n) is 5.04. The van der Waals surface area contributed by atoms with Crippen molar-refractivity contribution < 1.29 is 4.74 Å². The van der Waals surface area contributed by atoms with Crippen molar-refractivity contribution >= 4 is 6.40 Å². The molecule has 1 aromatic rings. The standard InChI is InChI=1S/C12H13NO/c1-11(10-5-3-2-4-6-10)12(7-8-12)13-9-14-11/h2-6,9H,7-8H2,1H3. The van der Waals surface area contributed by atoms with Crippen LogP contribution < -0.4 is 0 Å². The second kappa shape index (κ2) is 2.38. The van der Waals surface area contributed by atoms with E-state index < -0.39 is 0 Å². The number of hydrogen-bond acceptors (Lipinski definition) is 2. The summed E-state index contributed by atoms with van der Waals surface area (Å²) in [6, 6.07) is 10.4. The minimum absolute atomic E-state index is 0.0500. The molecule has 72 valence electrons. The quantitative estimate of drug-likeness (QED) is 0.662. The Kier molecular flexibility index (Phi) is 1.37. The van der Waals surface area contributed by atoms with Gasteiger partial charge in [0, 0.05) is 0 Å². The van der Waals surface area contributed by atoms with Gasteiger partial charge in [-0.3, -0.25) is 0 Å². The molecule has 3 rings (SSSR count). The van der Waals surface area contributed by atoms with Crippen LogP contribution in [-0.4, -0.2) is 11.9 Å². The Labute approximate surface area is 83.6 Å². The van der Waals surface area contributed by atoms with Crippen molar-refractivity contribution in [2.45, 2.75) is 30.9 Å². The van der Waals surface area contributed by atoms with Crippen LogP contribution in [0.25, 0.3) is 0 Å². The van der Waals surface area contributed by atoms with Crippen LogP contribution in [0.4, 0.5) is 0 Å². The van der Waals surface area contributed by atoms with Crippen molar-refractivity contribution in [3.05, 3.63) is 35.9 Å². The minimum atomic E-state index is -0.228. The van der Waals surface area contributed by atoms with Crippen LogP contribution in [0.15, 0.2) is 35.3 Å². The number of nitrogens with zero attached hydrogens (tertiary/aromatic N) is 1. The lowest BCUT2D eigenvalue weighted by Gasteiger charge is -2.29. The molecule has 1 atom stereocenters. The molecule has 1 unspecified atom stereocenters. The molecular formula is C12H13NO. The first-order valence-corrected chi connectivity index (χ1v) is 5.04. The van der Waals surface area contributed by atoms with Gasteiger partial charge in [0.15, 0.2) is 12.0 Å². The van der Waals surface area contributed by atoms with E-state index in [2.05, 4.69) is 36.2 Å². The van der Waals surface area contributed by atoms with Gasteiger partial charge in [-0.1, -0.05) is 30.3 Å². The van der Waals surface area contributed by atoms with E-state index in [0.29, 0.717) is 0 Å². The summed E-state index contributed by atoms with van der Waals surface area (Å²) in [5.74, 6) is 0. The zero-order valence-corrected chi connectivity index (χ0v) is 8.23. The molecule has 1 aromatic carbocycles. The normalized spacial score (nSPS) is 31.8. The van der Waals surface area contributed by atoms with E-state index in [4.69, 9.17) is 4.74 Å². The largest absolute Gasteiger partial charge is 0.470 e. The average molecular weight is 187 g/mol. The molecule has 14 heavy (non-hydrogen) atoms. The second-order valence-electron chi connectivity index (χ2n) is 4.28. The van der Waals surface area contributed by atoms with E-state index in [-0.39, 0.29) is 11.1 Å². The van der Waals surface area contributed by atoms with Crippen molar-refractivity contribution in [3.63, 3.8) is 0 Å². The molecule has 2 nitrogen and oxygen atoms in total. The van der Waals surface area contributed by atoms with Crippen LogP contribution in [-0.2, 0) is 10.3 Å². The molecule has 0 aromatic heterocycles. The Morgan fingerprint density at radius 3 is 2.57 bits per heavy atom. The fraction of sp³-hybridized carbons (Fsp3) is 0.417. The molecule has 1 heterocycles. The number of aliphatic imine (C=N–C) groups is 1. The fourth-order valence-corrected chi connectivity index (χ4v) is 2.28. The third-order valence-corrected chi connectivity index (χ3v) is 3.52. The summed E-state index contributed by atoms with van der Waals surface area (Å²) in [7, 11) is 0. The van der Waals surface area contributed by atoms with E-state index in [1.165, 1.54) is 5.56 Å². The van der Waals surface area contributed by atoms with Crippen LogP contribution in [0.3, 0.4) is 0 Å². The van der Waals surface area contributed by atoms with Crippen LogP contribution in [0.5, 0.6) is 0 Å². The van der Waals surface area contributed by atoms with Crippen LogP contribution in [0, 0.1) is 0 Å². The molecule has 2 heteroatoms. The number of ether oxygens (including phenoxy) is 1. The van der Waals surface area contributed by atoms with Crippen LogP contribution >= 0.6 is 0 Å². The summed E-state index contributed by atoms with van der Waals surface area (Å²) in [5.41, 5.74) is 1.05. The van der Waals surface area contributed by atoms with E-state index in [9.17, 15) is 0 Å². The fourth-order valence-electron chi connectivity index (χ4n) is 2.28. The van der Waals surface area contributed by atoms with Crippen molar-refractivity contribution in [2.24, 2.45) is 4.99 Å². The maximum Gasteiger partial charge on any atom is 0.171 e. The maximum absolute atomic E-state index is 5.71. The maximum atomic E-state index is 5.71. The zero-order valence-electron chi connectivity index (χ0n) is 8.23. The Hall–Kier alpha value is -1.31. The first kappa shape index (κ1) is 8.04. The Morgan fingerprint density at radius 1 is 1.21 bits per heavy atom. The summed E-state index contributed by atoms with van der Waals surface area (Å²) < 4.78 is 5.71. The van der Waals surface area contributed by atoms with Crippen molar-refractivity contribution in [3.8, 4) is 0 Å². The molecule has 0 radical (unpaired) electrons. The molecule has 2 aliphatic rings. The predicted molar refractivity (Wildman–Crippen MR) is 55.3 cm³/mol. The van der Waals surface area contributed by atoms with Gasteiger partial charge < -0.3 is 4.74 Å². The molecule has 1 aliphatic carbocycles. The number of hydrogen-bond donors (Lipinski definition) is 0. The Balaban J connectivity index is 2.06. The zero-order chi connectivity index (χ0) is 9.65. The third-order valence-electron chi connectivity index (χ3n) is 3.52. The highest BCUT2D eigenvalue weighted by Crippen LogP contribution is 2.57. The van der Waals surface area contributed by atoms with Crippen LogP contribution in [0.2, 0.25) is 0 Å². The van der Waals surface area contributed by atoms with Gasteiger partial charge in [0.25, 0.3) is 0 Å². The second-order valence-corrected chi connectivity index (χ2v) is 4.28. The third kappa shape index (κ3) is 0.834. The average Bonchev–Trinajstić information content (AvgIpc) is 2.92. The van der Waals surface area contributed by atoms with Gasteiger partial charge in [-0.25, -0.2) is 4.99 Å². The van der Waals surface area contributed by atoms with Crippen molar-refractivity contribution in [1.29, 1.82) is 0 Å². The molecule has 0 N–H and O–H groups in total. The highest BCUT2D eigenvalue weighted by atomic mass is 16.5. The van der Waals surface area contributed by atoms with Gasteiger partial charge in [0.2, 0.25) is 0 Å². The summed E-state index contributed by atoms with van der Waals surface area (Å²) in [5, 5.41) is 0. The van der Waals surface area contributed by atoms with Gasteiger partial charge in [0.1, 0.15) is 5.54 Å². The van der Waals surface area contributed by atoms with E-state index in [1.807, 2.05) is 6.07 Å². The van der Waals surface area contributed by atoms with Crippen LogP contribution in [0.1, 0.15) is 25.3 Å². The molecule has 1 fully saturated rings. The monoisotopic (exact) mass is 187 g/mol. The number of rotatable bonds is 1. The van der Waals surface area contributed by atoms with Gasteiger partial charge >= 0.3 is 0 Å². The SMILES string of the molecule is CC1(c2ccccc2)OC=NC12CC2. The smallest absolute Gasteiger partial charge is 0.171 e. The van der Waals surface area contributed by atoms with E-state index in [0.717, 1.165) is 12.8 Å². The highest BCUT2D eigenvalue weighted by Gasteiger charge is 2.62. The molecule has 0 bridgehead atoms. The summed E-state index contributed by atoms with van der Waals surface area (Å²) >= 11 is 0. The van der Waals surface area contributed by atoms with Crippen molar-refractivity contribution in [2.75, 3.05) is 0 Å². The first-order chi connectivity index (χ1) is 6.77. The lowest BCUT2D eigenvalue weighted by atomic mass is 9.86. The lowest BCUT2D eigenvalue weighted by Crippen LogP contribution is -2.35. The minimum Gasteiger partial charge on any atom is -0.470 e. The predicted octanol–water partition coefficient (Wildman–Crippen LogP) is 2.49. The molecule has 1 aliphatic heterocycles. The summed E-state index contributed by atoms with van der Waals surface area (Å²) in [4.78, 5) is 4.46. The van der Waals surface area contributed by atoms with E-state index in [1.54, 1.807) is 6.40 Å². The van der Waals surface area contributed by atoms with Gasteiger partial charge in [0.05, 0.1) is 0 Å². The Bertz CT molecular complexity index is 381. The molecule has 0 saturated heterocycles. The molecule has 0 amide bonds.